The van der Waals surface area contributed by atoms with E-state index in [0.717, 1.165) is 18.9 Å². The van der Waals surface area contributed by atoms with Gasteiger partial charge in [-0.2, -0.15) is 9.98 Å². The Balaban J connectivity index is 2.44. The summed E-state index contributed by atoms with van der Waals surface area (Å²) in [5.41, 5.74) is -0.204. The summed E-state index contributed by atoms with van der Waals surface area (Å²) in [5, 5.41) is 20.0. The number of nitro benzene ring substituents is 1. The zero-order valence-corrected chi connectivity index (χ0v) is 11.6. The molecule has 0 aliphatic heterocycles. The van der Waals surface area contributed by atoms with Crippen LogP contribution in [0.4, 0.5) is 5.69 Å². The molecule has 1 N–H and O–H groups in total. The van der Waals surface area contributed by atoms with Gasteiger partial charge in [0.1, 0.15) is 6.04 Å². The number of hydrogen-bond acceptors (Lipinski definition) is 5. The van der Waals surface area contributed by atoms with Crippen LogP contribution in [0.25, 0.3) is 0 Å². The summed E-state index contributed by atoms with van der Waals surface area (Å²) in [7, 11) is -4.10. The van der Waals surface area contributed by atoms with Crippen LogP contribution in [0.3, 0.4) is 0 Å². The maximum atomic E-state index is 12.3. The molecule has 0 aromatic heterocycles. The fourth-order valence-corrected chi connectivity index (χ4v) is 3.62. The Labute approximate surface area is 116 Å². The largest absolute Gasteiger partial charge is 0.289 e. The Kier molecular flexibility index (Phi) is 3.74. The molecule has 8 heteroatoms. The molecular weight excluding hydrogens is 282 g/mol. The van der Waals surface area contributed by atoms with Crippen LogP contribution in [0.2, 0.25) is 0 Å². The summed E-state index contributed by atoms with van der Waals surface area (Å²) < 4.78 is 26.9. The maximum absolute atomic E-state index is 12.3. The first-order chi connectivity index (χ1) is 9.36. The van der Waals surface area contributed by atoms with E-state index in [1.54, 1.807) is 0 Å². The van der Waals surface area contributed by atoms with E-state index in [1.807, 2.05) is 6.07 Å². The lowest BCUT2D eigenvalue weighted by molar-refractivity contribution is -0.387. The molecule has 106 valence electrons. The van der Waals surface area contributed by atoms with E-state index in [-0.39, 0.29) is 16.4 Å². The molecule has 0 amide bonds. The van der Waals surface area contributed by atoms with Gasteiger partial charge in [-0.1, -0.05) is 12.1 Å². The van der Waals surface area contributed by atoms with Gasteiger partial charge in [0.15, 0.2) is 4.90 Å². The van der Waals surface area contributed by atoms with E-state index < -0.39 is 26.7 Å². The SMILES string of the molecule is Cc1cccc([N+](=O)[O-])c1S(=O)(=O)NC(C#N)C1CC1. The third-order valence-corrected chi connectivity index (χ3v) is 4.80. The molecule has 0 spiro atoms. The van der Waals surface area contributed by atoms with Crippen LogP contribution in [0.5, 0.6) is 0 Å². The quantitative estimate of drug-likeness (QED) is 0.653. The van der Waals surface area contributed by atoms with Gasteiger partial charge in [0, 0.05) is 6.07 Å². The Hall–Kier alpha value is -1.98. The molecule has 0 bridgehead atoms. The Bertz CT molecular complexity index is 689. The maximum Gasteiger partial charge on any atom is 0.289 e. The van der Waals surface area contributed by atoms with Crippen LogP contribution >= 0.6 is 0 Å². The highest BCUT2D eigenvalue weighted by molar-refractivity contribution is 7.89. The van der Waals surface area contributed by atoms with Gasteiger partial charge in [-0.25, -0.2) is 8.42 Å². The van der Waals surface area contributed by atoms with Gasteiger partial charge in [-0.3, -0.25) is 10.1 Å². The fourth-order valence-electron chi connectivity index (χ4n) is 2.01. The molecule has 1 aromatic rings. The number of rotatable bonds is 5. The summed E-state index contributed by atoms with van der Waals surface area (Å²) in [5.74, 6) is -0.00199. The highest BCUT2D eigenvalue weighted by Crippen LogP contribution is 2.34. The molecule has 1 aliphatic carbocycles. The van der Waals surface area contributed by atoms with Gasteiger partial charge in [0.05, 0.1) is 11.0 Å². The van der Waals surface area contributed by atoms with Crippen LogP contribution < -0.4 is 4.72 Å². The topological polar surface area (TPSA) is 113 Å². The number of nitriles is 1. The van der Waals surface area contributed by atoms with Crippen molar-refractivity contribution in [2.24, 2.45) is 5.92 Å². The lowest BCUT2D eigenvalue weighted by Gasteiger charge is -2.13. The first kappa shape index (κ1) is 14.4. The van der Waals surface area contributed by atoms with Crippen molar-refractivity contribution in [3.63, 3.8) is 0 Å². The van der Waals surface area contributed by atoms with Gasteiger partial charge >= 0.3 is 0 Å². The van der Waals surface area contributed by atoms with Crippen molar-refractivity contribution in [2.45, 2.75) is 30.7 Å². The summed E-state index contributed by atoms with van der Waals surface area (Å²) in [6, 6.07) is 5.11. The minimum absolute atomic E-state index is 0.00199. The predicted molar refractivity (Wildman–Crippen MR) is 70.3 cm³/mol. The van der Waals surface area contributed by atoms with Gasteiger partial charge in [-0.05, 0) is 31.2 Å². The van der Waals surface area contributed by atoms with E-state index >= 15 is 0 Å². The van der Waals surface area contributed by atoms with Crippen LogP contribution in [-0.4, -0.2) is 19.4 Å². The van der Waals surface area contributed by atoms with Crippen molar-refractivity contribution in [3.05, 3.63) is 33.9 Å². The minimum Gasteiger partial charge on any atom is -0.258 e. The molecule has 1 aromatic carbocycles. The van der Waals surface area contributed by atoms with Gasteiger partial charge in [0.25, 0.3) is 5.69 Å². The summed E-state index contributed by atoms with van der Waals surface area (Å²) in [6.07, 6.45) is 1.58. The number of aryl methyl sites for hydroxylation is 1. The molecule has 7 nitrogen and oxygen atoms in total. The highest BCUT2D eigenvalue weighted by Gasteiger charge is 2.37. The molecule has 1 saturated carbocycles. The highest BCUT2D eigenvalue weighted by atomic mass is 32.2. The second-order valence-corrected chi connectivity index (χ2v) is 6.40. The molecule has 1 atom stereocenters. The fraction of sp³-hybridized carbons (Fsp3) is 0.417. The first-order valence-electron chi connectivity index (χ1n) is 6.03. The van der Waals surface area contributed by atoms with E-state index in [0.29, 0.717) is 0 Å². The second-order valence-electron chi connectivity index (χ2n) is 4.75. The molecule has 0 heterocycles. The standard InChI is InChI=1S/C12H13N3O4S/c1-8-3-2-4-11(15(16)17)12(8)20(18,19)14-10(7-13)9-5-6-9/h2-4,9-10,14H,5-6H2,1H3. The molecule has 1 aliphatic rings. The molecular formula is C12H13N3O4S. The van der Waals surface area contributed by atoms with E-state index in [4.69, 9.17) is 5.26 Å². The zero-order chi connectivity index (χ0) is 14.9. The molecule has 2 rings (SSSR count). The molecule has 0 saturated heterocycles. The Morgan fingerprint density at radius 1 is 1.50 bits per heavy atom. The van der Waals surface area contributed by atoms with Gasteiger partial charge in [0.2, 0.25) is 10.0 Å². The average Bonchev–Trinajstić information content (AvgIpc) is 3.19. The number of benzene rings is 1. The first-order valence-corrected chi connectivity index (χ1v) is 7.51. The van der Waals surface area contributed by atoms with Crippen LogP contribution in [-0.2, 0) is 10.0 Å². The van der Waals surface area contributed by atoms with Gasteiger partial charge in [-0.15, -0.1) is 0 Å². The number of sulfonamides is 1. The molecule has 1 fully saturated rings. The average molecular weight is 295 g/mol. The van der Waals surface area contributed by atoms with Gasteiger partial charge < -0.3 is 0 Å². The molecule has 1 unspecified atom stereocenters. The van der Waals surface area contributed by atoms with Crippen LogP contribution in [0.15, 0.2) is 23.1 Å². The summed E-state index contributed by atoms with van der Waals surface area (Å²) in [6.45, 7) is 1.49. The Morgan fingerprint density at radius 3 is 2.65 bits per heavy atom. The van der Waals surface area contributed by atoms with Crippen molar-refractivity contribution in [1.82, 2.24) is 4.72 Å². The smallest absolute Gasteiger partial charge is 0.258 e. The van der Waals surface area contributed by atoms with Crippen molar-refractivity contribution < 1.29 is 13.3 Å². The third kappa shape index (κ3) is 2.79. The normalized spacial score (nSPS) is 16.4. The third-order valence-electron chi connectivity index (χ3n) is 3.17. The van der Waals surface area contributed by atoms with Crippen molar-refractivity contribution in [1.29, 1.82) is 5.26 Å². The summed E-state index contributed by atoms with van der Waals surface area (Å²) >= 11 is 0. The number of hydrogen-bond donors (Lipinski definition) is 1. The lowest BCUT2D eigenvalue weighted by atomic mass is 10.2. The van der Waals surface area contributed by atoms with Crippen molar-refractivity contribution in [2.75, 3.05) is 0 Å². The van der Waals surface area contributed by atoms with Crippen molar-refractivity contribution >= 4 is 15.7 Å². The number of nitrogens with one attached hydrogen (secondary N) is 1. The van der Waals surface area contributed by atoms with Crippen LogP contribution in [0, 0.1) is 34.3 Å². The minimum atomic E-state index is -4.10. The second kappa shape index (κ2) is 5.19. The number of nitro groups is 1. The Morgan fingerprint density at radius 2 is 2.15 bits per heavy atom. The van der Waals surface area contributed by atoms with E-state index in [9.17, 15) is 18.5 Å². The van der Waals surface area contributed by atoms with Crippen molar-refractivity contribution in [3.8, 4) is 6.07 Å². The van der Waals surface area contributed by atoms with Crippen LogP contribution in [0.1, 0.15) is 18.4 Å². The van der Waals surface area contributed by atoms with E-state index in [2.05, 4.69) is 4.72 Å². The molecule has 0 radical (unpaired) electrons. The number of nitrogens with zero attached hydrogens (tertiary/aromatic N) is 2. The summed E-state index contributed by atoms with van der Waals surface area (Å²) in [4.78, 5) is 9.86. The molecule has 20 heavy (non-hydrogen) atoms. The lowest BCUT2D eigenvalue weighted by Crippen LogP contribution is -2.35. The zero-order valence-electron chi connectivity index (χ0n) is 10.7. The van der Waals surface area contributed by atoms with E-state index in [1.165, 1.54) is 19.1 Å². The predicted octanol–water partition coefficient (Wildman–Crippen LogP) is 1.48. The monoisotopic (exact) mass is 295 g/mol.